The average molecular weight is 412 g/mol. The molecule has 0 bridgehead atoms. The molecule has 0 unspecified atom stereocenters. The van der Waals surface area contributed by atoms with E-state index in [-0.39, 0.29) is 11.6 Å². The monoisotopic (exact) mass is 412 g/mol. The second-order valence-electron chi connectivity index (χ2n) is 6.31. The van der Waals surface area contributed by atoms with Gasteiger partial charge >= 0.3 is 0 Å². The van der Waals surface area contributed by atoms with Gasteiger partial charge in [0.1, 0.15) is 23.9 Å². The van der Waals surface area contributed by atoms with Crippen LogP contribution in [0.15, 0.2) is 53.1 Å². The maximum atomic E-state index is 12.5. The molecule has 0 aliphatic heterocycles. The van der Waals surface area contributed by atoms with Crippen molar-refractivity contribution in [2.45, 2.75) is 6.54 Å². The molecule has 0 aliphatic rings. The van der Waals surface area contributed by atoms with Crippen LogP contribution < -0.4 is 19.5 Å². The summed E-state index contributed by atoms with van der Waals surface area (Å²) in [6.45, 7) is 1.29. The summed E-state index contributed by atoms with van der Waals surface area (Å²) in [6, 6.07) is 14.4. The molecule has 1 aromatic heterocycles. The molecule has 1 heterocycles. The van der Waals surface area contributed by atoms with E-state index >= 15 is 0 Å². The van der Waals surface area contributed by atoms with E-state index in [1.54, 1.807) is 45.6 Å². The number of carbonyl (C=O) groups excluding carboxylic acids is 1. The molecular formula is C22H24N2O6. The van der Waals surface area contributed by atoms with Crippen molar-refractivity contribution in [1.82, 2.24) is 10.5 Å². The highest BCUT2D eigenvalue weighted by atomic mass is 16.5. The number of amides is 1. The fraction of sp³-hybridized carbons (Fsp3) is 0.273. The van der Waals surface area contributed by atoms with Crippen LogP contribution in [0, 0.1) is 0 Å². The van der Waals surface area contributed by atoms with Crippen LogP contribution in [-0.4, -0.2) is 45.6 Å². The zero-order valence-corrected chi connectivity index (χ0v) is 17.1. The molecule has 0 fully saturated rings. The minimum atomic E-state index is -0.349. The molecule has 30 heavy (non-hydrogen) atoms. The lowest BCUT2D eigenvalue weighted by atomic mass is 10.1. The molecule has 0 saturated carbocycles. The summed E-state index contributed by atoms with van der Waals surface area (Å²) < 4.78 is 26.5. The number of nitrogens with zero attached hydrogens (tertiary/aromatic N) is 1. The van der Waals surface area contributed by atoms with Gasteiger partial charge in [-0.2, -0.15) is 0 Å². The lowest BCUT2D eigenvalue weighted by Gasteiger charge is -2.08. The van der Waals surface area contributed by atoms with Crippen LogP contribution in [0.3, 0.4) is 0 Å². The average Bonchev–Trinajstić information content (AvgIpc) is 3.28. The van der Waals surface area contributed by atoms with Gasteiger partial charge in [-0.25, -0.2) is 0 Å². The van der Waals surface area contributed by atoms with Crippen LogP contribution >= 0.6 is 0 Å². The Balaban J connectivity index is 1.66. The number of rotatable bonds is 10. The summed E-state index contributed by atoms with van der Waals surface area (Å²) in [6.07, 6.45) is 0. The van der Waals surface area contributed by atoms with E-state index in [2.05, 4.69) is 10.5 Å². The van der Waals surface area contributed by atoms with Crippen LogP contribution in [0.25, 0.3) is 11.3 Å². The normalized spacial score (nSPS) is 10.5. The van der Waals surface area contributed by atoms with E-state index in [0.29, 0.717) is 48.3 Å². The van der Waals surface area contributed by atoms with Crippen molar-refractivity contribution >= 4 is 5.91 Å². The predicted molar refractivity (Wildman–Crippen MR) is 110 cm³/mol. The Kier molecular flexibility index (Phi) is 7.29. The van der Waals surface area contributed by atoms with E-state index in [1.807, 2.05) is 24.3 Å². The molecule has 1 N–H and O–H groups in total. The van der Waals surface area contributed by atoms with Crippen molar-refractivity contribution in [3.05, 3.63) is 59.8 Å². The van der Waals surface area contributed by atoms with Crippen LogP contribution in [-0.2, 0) is 11.3 Å². The van der Waals surface area contributed by atoms with Gasteiger partial charge in [0.05, 0.1) is 26.4 Å². The van der Waals surface area contributed by atoms with E-state index in [1.165, 1.54) is 0 Å². The Labute approximate surface area is 174 Å². The molecular weight excluding hydrogens is 388 g/mol. The van der Waals surface area contributed by atoms with Gasteiger partial charge < -0.3 is 28.8 Å². The summed E-state index contributed by atoms with van der Waals surface area (Å²) in [7, 11) is 4.75. The van der Waals surface area contributed by atoms with Gasteiger partial charge in [0, 0.05) is 19.7 Å². The Morgan fingerprint density at radius 1 is 1.00 bits per heavy atom. The van der Waals surface area contributed by atoms with Gasteiger partial charge in [-0.1, -0.05) is 17.3 Å². The first-order chi connectivity index (χ1) is 14.6. The number of nitrogens with one attached hydrogen (secondary N) is 1. The number of benzene rings is 2. The maximum absolute atomic E-state index is 12.5. The third-order valence-corrected chi connectivity index (χ3v) is 4.32. The number of hydrogen-bond acceptors (Lipinski definition) is 7. The first-order valence-corrected chi connectivity index (χ1v) is 9.32. The minimum Gasteiger partial charge on any atom is -0.497 e. The van der Waals surface area contributed by atoms with Crippen LogP contribution in [0.5, 0.6) is 17.2 Å². The van der Waals surface area contributed by atoms with Crippen molar-refractivity contribution < 1.29 is 28.3 Å². The minimum absolute atomic E-state index is 0.169. The Morgan fingerprint density at radius 2 is 1.87 bits per heavy atom. The second-order valence-corrected chi connectivity index (χ2v) is 6.31. The largest absolute Gasteiger partial charge is 0.497 e. The summed E-state index contributed by atoms with van der Waals surface area (Å²) >= 11 is 0. The predicted octanol–water partition coefficient (Wildman–Crippen LogP) is 3.31. The van der Waals surface area contributed by atoms with E-state index in [9.17, 15) is 4.79 Å². The lowest BCUT2D eigenvalue weighted by Crippen LogP contribution is -2.23. The quantitative estimate of drug-likeness (QED) is 0.511. The highest BCUT2D eigenvalue weighted by Gasteiger charge is 2.17. The number of carbonyl (C=O) groups is 1. The molecule has 0 aliphatic carbocycles. The van der Waals surface area contributed by atoms with Crippen molar-refractivity contribution in [2.75, 3.05) is 34.5 Å². The van der Waals surface area contributed by atoms with E-state index in [0.717, 1.165) is 5.56 Å². The molecule has 0 atom stereocenters. The van der Waals surface area contributed by atoms with E-state index < -0.39 is 0 Å². The van der Waals surface area contributed by atoms with Crippen molar-refractivity contribution in [3.8, 4) is 28.6 Å². The summed E-state index contributed by atoms with van der Waals surface area (Å²) in [5.41, 5.74) is 1.71. The Bertz CT molecular complexity index is 985. The fourth-order valence-electron chi connectivity index (χ4n) is 2.78. The first kappa shape index (κ1) is 21.2. The van der Waals surface area contributed by atoms with Gasteiger partial charge in [0.2, 0.25) is 0 Å². The highest BCUT2D eigenvalue weighted by molar-refractivity contribution is 5.93. The summed E-state index contributed by atoms with van der Waals surface area (Å²) in [5.74, 6) is 2.00. The number of ether oxygens (including phenoxy) is 4. The summed E-state index contributed by atoms with van der Waals surface area (Å²) in [5, 5.41) is 6.71. The Morgan fingerprint density at radius 3 is 2.63 bits per heavy atom. The van der Waals surface area contributed by atoms with Crippen LogP contribution in [0.4, 0.5) is 0 Å². The van der Waals surface area contributed by atoms with Crippen LogP contribution in [0.1, 0.15) is 16.1 Å². The highest BCUT2D eigenvalue weighted by Crippen LogP contribution is 2.33. The molecule has 3 rings (SSSR count). The van der Waals surface area contributed by atoms with E-state index in [4.69, 9.17) is 23.5 Å². The van der Waals surface area contributed by atoms with Gasteiger partial charge in [-0.15, -0.1) is 0 Å². The topological polar surface area (TPSA) is 92.1 Å². The lowest BCUT2D eigenvalue weighted by molar-refractivity contribution is 0.0942. The fourth-order valence-corrected chi connectivity index (χ4v) is 2.78. The zero-order valence-electron chi connectivity index (χ0n) is 17.1. The molecule has 0 saturated heterocycles. The van der Waals surface area contributed by atoms with Crippen molar-refractivity contribution in [3.63, 3.8) is 0 Å². The molecule has 158 valence electrons. The molecule has 0 spiro atoms. The maximum Gasteiger partial charge on any atom is 0.273 e. The molecule has 1 amide bonds. The third-order valence-electron chi connectivity index (χ3n) is 4.32. The zero-order chi connectivity index (χ0) is 21.3. The number of aromatic nitrogens is 1. The van der Waals surface area contributed by atoms with Crippen molar-refractivity contribution in [1.29, 1.82) is 0 Å². The molecule has 2 aromatic carbocycles. The van der Waals surface area contributed by atoms with Crippen LogP contribution in [0.2, 0.25) is 0 Å². The van der Waals surface area contributed by atoms with Gasteiger partial charge in [0.15, 0.2) is 11.5 Å². The van der Waals surface area contributed by atoms with Crippen molar-refractivity contribution in [2.24, 2.45) is 0 Å². The SMILES string of the molecule is COCCOc1cccc(CNC(=O)c2cc(-c3cc(OC)ccc3OC)on2)c1. The molecule has 8 nitrogen and oxygen atoms in total. The smallest absolute Gasteiger partial charge is 0.273 e. The van der Waals surface area contributed by atoms with Gasteiger partial charge in [-0.3, -0.25) is 4.79 Å². The molecule has 3 aromatic rings. The Hall–Kier alpha value is -3.52. The third kappa shape index (κ3) is 5.30. The second kappa shape index (κ2) is 10.3. The summed E-state index contributed by atoms with van der Waals surface area (Å²) in [4.78, 5) is 12.5. The number of hydrogen-bond donors (Lipinski definition) is 1. The first-order valence-electron chi connectivity index (χ1n) is 9.32. The van der Waals surface area contributed by atoms with Gasteiger partial charge in [-0.05, 0) is 35.9 Å². The van der Waals surface area contributed by atoms with Gasteiger partial charge in [0.25, 0.3) is 5.91 Å². The molecule has 8 heteroatoms. The standard InChI is InChI=1S/C22H24N2O6/c1-26-9-10-29-17-6-4-5-15(11-17)14-23-22(25)19-13-21(30-24-19)18-12-16(27-2)7-8-20(18)28-3/h4-8,11-13H,9-10,14H2,1-3H3,(H,23,25). The molecule has 0 radical (unpaired) electrons. The number of methoxy groups -OCH3 is 3.